The van der Waals surface area contributed by atoms with Gasteiger partial charge in [-0.1, -0.05) is 25.2 Å². The minimum Gasteiger partial charge on any atom is -0.480 e. The summed E-state index contributed by atoms with van der Waals surface area (Å²) < 4.78 is 0.802. The van der Waals surface area contributed by atoms with Gasteiger partial charge in [0.1, 0.15) is 6.04 Å². The van der Waals surface area contributed by atoms with E-state index in [2.05, 4.69) is 10.3 Å². The molecule has 0 fully saturated rings. The lowest BCUT2D eigenvalue weighted by Crippen LogP contribution is -2.41. The van der Waals surface area contributed by atoms with E-state index in [0.29, 0.717) is 17.1 Å². The van der Waals surface area contributed by atoms with Crippen LogP contribution in [0.1, 0.15) is 30.6 Å². The number of aromatic nitrogens is 1. The van der Waals surface area contributed by atoms with Crippen LogP contribution in [0, 0.1) is 5.92 Å². The van der Waals surface area contributed by atoms with E-state index in [0.717, 1.165) is 10.2 Å². The normalized spacial score (nSPS) is 12.5. The number of rotatable bonds is 5. The van der Waals surface area contributed by atoms with Crippen molar-refractivity contribution in [2.75, 3.05) is 5.73 Å². The Balaban J connectivity index is 2.18. The molecule has 0 bridgehead atoms. The number of carbonyl (C=O) groups is 2. The third-order valence-corrected chi connectivity index (χ3v) is 3.83. The molecule has 0 aliphatic heterocycles. The maximum absolute atomic E-state index is 12.2. The number of carbonyl (C=O) groups excluding carboxylic acids is 1. The molecule has 4 N–H and O–H groups in total. The summed E-state index contributed by atoms with van der Waals surface area (Å²) in [5.41, 5.74) is 6.75. The number of nitrogens with one attached hydrogen (secondary N) is 1. The van der Waals surface area contributed by atoms with Gasteiger partial charge in [0.05, 0.1) is 10.2 Å². The first-order valence-corrected chi connectivity index (χ1v) is 7.38. The summed E-state index contributed by atoms with van der Waals surface area (Å²) in [6.07, 6.45) is 0.386. The maximum Gasteiger partial charge on any atom is 0.326 e. The van der Waals surface area contributed by atoms with Crippen LogP contribution in [0.4, 0.5) is 5.13 Å². The summed E-state index contributed by atoms with van der Waals surface area (Å²) in [6, 6.07) is 4.10. The number of nitrogens with two attached hydrogens (primary N) is 1. The van der Waals surface area contributed by atoms with Crippen molar-refractivity contribution in [2.24, 2.45) is 5.92 Å². The Morgan fingerprint density at radius 2 is 2.14 bits per heavy atom. The average molecular weight is 307 g/mol. The zero-order valence-electron chi connectivity index (χ0n) is 11.8. The summed E-state index contributed by atoms with van der Waals surface area (Å²) in [5, 5.41) is 12.1. The molecule has 0 radical (unpaired) electrons. The second-order valence-electron chi connectivity index (χ2n) is 5.23. The summed E-state index contributed by atoms with van der Waals surface area (Å²) in [7, 11) is 0. The lowest BCUT2D eigenvalue weighted by Gasteiger charge is -2.16. The van der Waals surface area contributed by atoms with E-state index in [1.54, 1.807) is 18.2 Å². The Morgan fingerprint density at radius 3 is 2.76 bits per heavy atom. The molecule has 21 heavy (non-hydrogen) atoms. The van der Waals surface area contributed by atoms with Crippen LogP contribution >= 0.6 is 11.3 Å². The molecule has 0 saturated heterocycles. The van der Waals surface area contributed by atoms with Gasteiger partial charge in [-0.25, -0.2) is 9.78 Å². The number of carboxylic acid groups (broad SMARTS) is 1. The van der Waals surface area contributed by atoms with Crippen LogP contribution in [-0.2, 0) is 4.79 Å². The molecule has 1 aromatic heterocycles. The lowest BCUT2D eigenvalue weighted by molar-refractivity contribution is -0.139. The van der Waals surface area contributed by atoms with Gasteiger partial charge < -0.3 is 16.2 Å². The number of nitrogens with zero attached hydrogens (tertiary/aromatic N) is 1. The Labute approximate surface area is 126 Å². The monoisotopic (exact) mass is 307 g/mol. The van der Waals surface area contributed by atoms with Crippen molar-refractivity contribution in [3.63, 3.8) is 0 Å². The Bertz CT molecular complexity index is 681. The quantitative estimate of drug-likeness (QED) is 0.784. The van der Waals surface area contributed by atoms with E-state index < -0.39 is 17.9 Å². The summed E-state index contributed by atoms with van der Waals surface area (Å²) in [6.45, 7) is 3.82. The first-order valence-electron chi connectivity index (χ1n) is 6.56. The predicted octanol–water partition coefficient (Wildman–Crippen LogP) is 2.11. The smallest absolute Gasteiger partial charge is 0.326 e. The second-order valence-corrected chi connectivity index (χ2v) is 6.29. The maximum atomic E-state index is 12.2. The largest absolute Gasteiger partial charge is 0.480 e. The number of thiazole rings is 1. The number of benzene rings is 1. The molecule has 0 saturated carbocycles. The topological polar surface area (TPSA) is 105 Å². The number of carboxylic acids is 1. The number of anilines is 1. The zero-order valence-corrected chi connectivity index (χ0v) is 12.6. The molecule has 2 rings (SSSR count). The number of amides is 1. The van der Waals surface area contributed by atoms with Crippen LogP contribution in [0.2, 0.25) is 0 Å². The van der Waals surface area contributed by atoms with E-state index in [1.165, 1.54) is 11.3 Å². The number of aliphatic carboxylic acids is 1. The fraction of sp³-hybridized carbons (Fsp3) is 0.357. The van der Waals surface area contributed by atoms with E-state index in [9.17, 15) is 9.59 Å². The minimum atomic E-state index is -1.03. The molecule has 0 aliphatic rings. The summed E-state index contributed by atoms with van der Waals surface area (Å²) in [5.74, 6) is -1.26. The summed E-state index contributed by atoms with van der Waals surface area (Å²) in [4.78, 5) is 27.5. The Morgan fingerprint density at radius 1 is 1.43 bits per heavy atom. The fourth-order valence-electron chi connectivity index (χ4n) is 2.02. The van der Waals surface area contributed by atoms with Crippen molar-refractivity contribution >= 4 is 38.6 Å². The van der Waals surface area contributed by atoms with Crippen molar-refractivity contribution in [3.8, 4) is 0 Å². The van der Waals surface area contributed by atoms with Crippen LogP contribution in [0.15, 0.2) is 18.2 Å². The van der Waals surface area contributed by atoms with Gasteiger partial charge in [0.25, 0.3) is 5.91 Å². The van der Waals surface area contributed by atoms with Crippen molar-refractivity contribution in [1.29, 1.82) is 0 Å². The van der Waals surface area contributed by atoms with Gasteiger partial charge in [0, 0.05) is 5.56 Å². The molecule has 1 aromatic carbocycles. The van der Waals surface area contributed by atoms with E-state index in [4.69, 9.17) is 10.8 Å². The second kappa shape index (κ2) is 6.09. The highest BCUT2D eigenvalue weighted by Crippen LogP contribution is 2.24. The van der Waals surface area contributed by atoms with Crippen LogP contribution < -0.4 is 11.1 Å². The highest BCUT2D eigenvalue weighted by molar-refractivity contribution is 7.22. The number of hydrogen-bond acceptors (Lipinski definition) is 5. The van der Waals surface area contributed by atoms with E-state index >= 15 is 0 Å². The van der Waals surface area contributed by atoms with Crippen LogP contribution in [-0.4, -0.2) is 28.0 Å². The third kappa shape index (κ3) is 3.69. The highest BCUT2D eigenvalue weighted by Gasteiger charge is 2.22. The fourth-order valence-corrected chi connectivity index (χ4v) is 2.79. The molecule has 0 unspecified atom stereocenters. The predicted molar refractivity (Wildman–Crippen MR) is 82.4 cm³/mol. The average Bonchev–Trinajstić information content (AvgIpc) is 2.76. The van der Waals surface area contributed by atoms with Gasteiger partial charge in [0.2, 0.25) is 0 Å². The molecule has 1 heterocycles. The SMILES string of the molecule is CC(C)C[C@@H](NC(=O)c1ccc2nc(N)sc2c1)C(=O)O. The lowest BCUT2D eigenvalue weighted by atomic mass is 10.0. The molecule has 2 aromatic rings. The van der Waals surface area contributed by atoms with Crippen molar-refractivity contribution in [1.82, 2.24) is 10.3 Å². The molecule has 1 amide bonds. The van der Waals surface area contributed by atoms with E-state index in [-0.39, 0.29) is 5.92 Å². The first kappa shape index (κ1) is 15.2. The van der Waals surface area contributed by atoms with Crippen molar-refractivity contribution < 1.29 is 14.7 Å². The Kier molecular flexibility index (Phi) is 4.42. The van der Waals surface area contributed by atoms with Crippen LogP contribution in [0.3, 0.4) is 0 Å². The molecular weight excluding hydrogens is 290 g/mol. The molecule has 112 valence electrons. The number of fused-ring (bicyclic) bond motifs is 1. The van der Waals surface area contributed by atoms with Crippen LogP contribution in [0.5, 0.6) is 0 Å². The Hall–Kier alpha value is -2.15. The highest BCUT2D eigenvalue weighted by atomic mass is 32.1. The number of hydrogen-bond donors (Lipinski definition) is 3. The minimum absolute atomic E-state index is 0.176. The molecular formula is C14H17N3O3S. The van der Waals surface area contributed by atoms with Crippen LogP contribution in [0.25, 0.3) is 10.2 Å². The molecule has 7 heteroatoms. The van der Waals surface area contributed by atoms with Gasteiger partial charge in [-0.3, -0.25) is 4.79 Å². The molecule has 1 atom stereocenters. The standard InChI is InChI=1S/C14H17N3O3S/c1-7(2)5-10(13(19)20)16-12(18)8-3-4-9-11(6-8)21-14(15)17-9/h3-4,6-7,10H,5H2,1-2H3,(H2,15,17)(H,16,18)(H,19,20)/t10-/m1/s1. The first-order chi connectivity index (χ1) is 9.86. The van der Waals surface area contributed by atoms with Crippen molar-refractivity contribution in [2.45, 2.75) is 26.3 Å². The van der Waals surface area contributed by atoms with Crippen molar-refractivity contribution in [3.05, 3.63) is 23.8 Å². The van der Waals surface area contributed by atoms with Gasteiger partial charge >= 0.3 is 5.97 Å². The zero-order chi connectivity index (χ0) is 15.6. The van der Waals surface area contributed by atoms with Gasteiger partial charge in [-0.15, -0.1) is 0 Å². The van der Waals surface area contributed by atoms with Gasteiger partial charge in [0.15, 0.2) is 5.13 Å². The molecule has 0 spiro atoms. The molecule has 0 aliphatic carbocycles. The summed E-state index contributed by atoms with van der Waals surface area (Å²) >= 11 is 1.29. The number of nitrogen functional groups attached to an aromatic ring is 1. The third-order valence-electron chi connectivity index (χ3n) is 2.98. The molecule has 6 nitrogen and oxygen atoms in total. The van der Waals surface area contributed by atoms with Gasteiger partial charge in [-0.2, -0.15) is 0 Å². The van der Waals surface area contributed by atoms with Gasteiger partial charge in [-0.05, 0) is 30.5 Å². The van der Waals surface area contributed by atoms with E-state index in [1.807, 2.05) is 13.8 Å².